The third-order valence-electron chi connectivity index (χ3n) is 6.22. The van der Waals surface area contributed by atoms with Crippen molar-refractivity contribution < 1.29 is 14.3 Å². The average molecular weight is 497 g/mol. The lowest BCUT2D eigenvalue weighted by Gasteiger charge is -2.32. The molecular weight excluding hydrogens is 468 g/mol. The van der Waals surface area contributed by atoms with E-state index >= 15 is 0 Å². The number of rotatable bonds is 9. The number of hydrogen-bond donors (Lipinski definition) is 1. The molecule has 0 unspecified atom stereocenters. The van der Waals surface area contributed by atoms with Gasteiger partial charge in [0.1, 0.15) is 11.8 Å². The number of amides is 2. The molecule has 0 saturated heterocycles. The number of carbonyl (C=O) groups is 2. The minimum Gasteiger partial charge on any atom is -0.497 e. The SMILES string of the molecule is COc1ccc([C@H](C(=O)NC2CCCC2)N(Cc2ccccc2Cl)C(=O)Cc2cccs2)cc1. The van der Waals surface area contributed by atoms with Crippen LogP contribution in [0.5, 0.6) is 5.75 Å². The molecule has 2 amide bonds. The molecule has 7 heteroatoms. The van der Waals surface area contributed by atoms with E-state index in [9.17, 15) is 9.59 Å². The van der Waals surface area contributed by atoms with Crippen LogP contribution < -0.4 is 10.1 Å². The van der Waals surface area contributed by atoms with Crippen LogP contribution in [0.1, 0.15) is 47.7 Å². The molecule has 1 aliphatic carbocycles. The van der Waals surface area contributed by atoms with Crippen LogP contribution in [-0.4, -0.2) is 29.9 Å². The summed E-state index contributed by atoms with van der Waals surface area (Å²) in [4.78, 5) is 30.0. The van der Waals surface area contributed by atoms with Crippen molar-refractivity contribution in [3.8, 4) is 5.75 Å². The number of carbonyl (C=O) groups excluding carboxylic acids is 2. The maximum atomic E-state index is 13.7. The van der Waals surface area contributed by atoms with Crippen molar-refractivity contribution in [3.05, 3.63) is 87.1 Å². The Labute approximate surface area is 209 Å². The largest absolute Gasteiger partial charge is 0.497 e. The second-order valence-corrected chi connectivity index (χ2v) is 9.97. The zero-order valence-corrected chi connectivity index (χ0v) is 20.8. The molecule has 2 aromatic carbocycles. The first-order valence-corrected chi connectivity index (χ1v) is 12.8. The van der Waals surface area contributed by atoms with Crippen molar-refractivity contribution >= 4 is 34.8 Å². The molecule has 0 radical (unpaired) electrons. The monoisotopic (exact) mass is 496 g/mol. The van der Waals surface area contributed by atoms with E-state index in [1.807, 2.05) is 60.0 Å². The van der Waals surface area contributed by atoms with Crippen LogP contribution in [0.15, 0.2) is 66.0 Å². The third-order valence-corrected chi connectivity index (χ3v) is 7.46. The van der Waals surface area contributed by atoms with Gasteiger partial charge in [0.2, 0.25) is 11.8 Å². The predicted molar refractivity (Wildman–Crippen MR) is 136 cm³/mol. The lowest BCUT2D eigenvalue weighted by atomic mass is 10.0. The van der Waals surface area contributed by atoms with E-state index in [0.717, 1.165) is 41.7 Å². The molecule has 4 rings (SSSR count). The number of nitrogens with one attached hydrogen (secondary N) is 1. The van der Waals surface area contributed by atoms with E-state index in [1.54, 1.807) is 18.1 Å². The van der Waals surface area contributed by atoms with Gasteiger partial charge in [-0.05, 0) is 53.6 Å². The van der Waals surface area contributed by atoms with E-state index in [1.165, 1.54) is 11.3 Å². The van der Waals surface area contributed by atoms with Gasteiger partial charge in [-0.2, -0.15) is 0 Å². The van der Waals surface area contributed by atoms with Crippen molar-refractivity contribution in [1.82, 2.24) is 10.2 Å². The lowest BCUT2D eigenvalue weighted by molar-refractivity contribution is -0.141. The number of nitrogens with zero attached hydrogens (tertiary/aromatic N) is 1. The highest BCUT2D eigenvalue weighted by Gasteiger charge is 2.33. The Morgan fingerprint density at radius 2 is 1.82 bits per heavy atom. The van der Waals surface area contributed by atoms with Gasteiger partial charge in [-0.15, -0.1) is 11.3 Å². The van der Waals surface area contributed by atoms with Crippen molar-refractivity contribution in [2.45, 2.75) is 50.7 Å². The number of ether oxygens (including phenoxy) is 1. The van der Waals surface area contributed by atoms with Gasteiger partial charge in [-0.25, -0.2) is 0 Å². The normalized spacial score (nSPS) is 14.5. The molecule has 5 nitrogen and oxygen atoms in total. The summed E-state index contributed by atoms with van der Waals surface area (Å²) >= 11 is 8.00. The molecular formula is C27H29ClN2O3S. The summed E-state index contributed by atoms with van der Waals surface area (Å²) in [5.41, 5.74) is 1.54. The van der Waals surface area contributed by atoms with Gasteiger partial charge < -0.3 is 15.0 Å². The van der Waals surface area contributed by atoms with Gasteiger partial charge >= 0.3 is 0 Å². The molecule has 1 fully saturated rings. The van der Waals surface area contributed by atoms with Crippen LogP contribution in [0, 0.1) is 0 Å². The highest BCUT2D eigenvalue weighted by molar-refractivity contribution is 7.10. The van der Waals surface area contributed by atoms with Crippen molar-refractivity contribution in [1.29, 1.82) is 0 Å². The number of methoxy groups -OCH3 is 1. The standard InChI is InChI=1S/C27H29ClN2O3S/c1-33-22-14-12-19(13-15-22)26(27(32)29-21-8-3-4-9-21)30(18-20-7-2-5-11-24(20)28)25(31)17-23-10-6-16-34-23/h2,5-7,10-16,21,26H,3-4,8-9,17-18H2,1H3,(H,29,32)/t26-/m1/s1. The van der Waals surface area contributed by atoms with Gasteiger partial charge in [0, 0.05) is 22.5 Å². The average Bonchev–Trinajstić information content (AvgIpc) is 3.55. The Balaban J connectivity index is 1.71. The summed E-state index contributed by atoms with van der Waals surface area (Å²) in [5, 5.41) is 5.73. The molecule has 1 aromatic heterocycles. The van der Waals surface area contributed by atoms with Crippen LogP contribution in [0.3, 0.4) is 0 Å². The first-order chi connectivity index (χ1) is 16.5. The summed E-state index contributed by atoms with van der Waals surface area (Å²) in [6, 6.07) is 18.0. The summed E-state index contributed by atoms with van der Waals surface area (Å²) in [5.74, 6) is 0.412. The fourth-order valence-electron chi connectivity index (χ4n) is 4.41. The van der Waals surface area contributed by atoms with Gasteiger partial charge in [0.05, 0.1) is 13.5 Å². The van der Waals surface area contributed by atoms with Gasteiger partial charge in [-0.1, -0.05) is 60.8 Å². The van der Waals surface area contributed by atoms with Crippen LogP contribution in [0.2, 0.25) is 5.02 Å². The van der Waals surface area contributed by atoms with Gasteiger partial charge in [-0.3, -0.25) is 9.59 Å². The number of thiophene rings is 1. The second kappa shape index (κ2) is 11.5. The summed E-state index contributed by atoms with van der Waals surface area (Å²) in [6.07, 6.45) is 4.38. The van der Waals surface area contributed by atoms with E-state index in [4.69, 9.17) is 16.3 Å². The molecule has 1 saturated carbocycles. The number of benzene rings is 2. The molecule has 1 N–H and O–H groups in total. The molecule has 178 valence electrons. The first-order valence-electron chi connectivity index (χ1n) is 11.5. The predicted octanol–water partition coefficient (Wildman–Crippen LogP) is 5.78. The zero-order valence-electron chi connectivity index (χ0n) is 19.2. The summed E-state index contributed by atoms with van der Waals surface area (Å²) < 4.78 is 5.31. The maximum absolute atomic E-state index is 13.7. The highest BCUT2D eigenvalue weighted by Crippen LogP contribution is 2.30. The van der Waals surface area contributed by atoms with E-state index in [2.05, 4.69) is 5.32 Å². The minimum absolute atomic E-state index is 0.121. The number of halogens is 1. The fourth-order valence-corrected chi connectivity index (χ4v) is 5.30. The molecule has 0 aliphatic heterocycles. The Morgan fingerprint density at radius 1 is 1.09 bits per heavy atom. The van der Waals surface area contributed by atoms with Crippen molar-refractivity contribution in [3.63, 3.8) is 0 Å². The highest BCUT2D eigenvalue weighted by atomic mass is 35.5. The number of hydrogen-bond acceptors (Lipinski definition) is 4. The van der Waals surface area contributed by atoms with Crippen molar-refractivity contribution in [2.24, 2.45) is 0 Å². The van der Waals surface area contributed by atoms with E-state index < -0.39 is 6.04 Å². The topological polar surface area (TPSA) is 58.6 Å². The molecule has 1 aliphatic rings. The smallest absolute Gasteiger partial charge is 0.247 e. The summed E-state index contributed by atoms with van der Waals surface area (Å²) in [6.45, 7) is 0.235. The maximum Gasteiger partial charge on any atom is 0.247 e. The molecule has 34 heavy (non-hydrogen) atoms. The molecule has 3 aromatic rings. The lowest BCUT2D eigenvalue weighted by Crippen LogP contribution is -2.46. The molecule has 0 spiro atoms. The van der Waals surface area contributed by atoms with Crippen LogP contribution in [-0.2, 0) is 22.6 Å². The molecule has 1 atom stereocenters. The van der Waals surface area contributed by atoms with Gasteiger partial charge in [0.25, 0.3) is 0 Å². The third kappa shape index (κ3) is 5.99. The first kappa shape index (κ1) is 24.3. The Kier molecular flexibility index (Phi) is 8.25. The molecule has 0 bridgehead atoms. The van der Waals surface area contributed by atoms with Gasteiger partial charge in [0.15, 0.2) is 0 Å². The second-order valence-electron chi connectivity index (χ2n) is 8.53. The van der Waals surface area contributed by atoms with Crippen LogP contribution >= 0.6 is 22.9 Å². The van der Waals surface area contributed by atoms with E-state index in [0.29, 0.717) is 10.8 Å². The zero-order chi connectivity index (χ0) is 23.9. The fraction of sp³-hybridized carbons (Fsp3) is 0.333. The molecule has 1 heterocycles. The van der Waals surface area contributed by atoms with Crippen LogP contribution in [0.4, 0.5) is 0 Å². The quantitative estimate of drug-likeness (QED) is 0.408. The Hall–Kier alpha value is -2.83. The van der Waals surface area contributed by atoms with E-state index in [-0.39, 0.29) is 30.8 Å². The Morgan fingerprint density at radius 3 is 2.47 bits per heavy atom. The van der Waals surface area contributed by atoms with Crippen LogP contribution in [0.25, 0.3) is 0 Å². The summed E-state index contributed by atoms with van der Waals surface area (Å²) in [7, 11) is 1.60. The minimum atomic E-state index is -0.782. The Bertz CT molecular complexity index is 1100. The van der Waals surface area contributed by atoms with Crippen molar-refractivity contribution in [2.75, 3.05) is 7.11 Å².